The average molecular weight is 365 g/mol. The van der Waals surface area contributed by atoms with Crippen molar-refractivity contribution in [1.29, 1.82) is 0 Å². The van der Waals surface area contributed by atoms with Gasteiger partial charge in [-0.1, -0.05) is 43.0 Å². The summed E-state index contributed by atoms with van der Waals surface area (Å²) >= 11 is 0. The molecule has 2 N–H and O–H groups in total. The van der Waals surface area contributed by atoms with Crippen LogP contribution in [0.3, 0.4) is 0 Å². The zero-order chi connectivity index (χ0) is 20.4. The van der Waals surface area contributed by atoms with Crippen molar-refractivity contribution in [1.82, 2.24) is 9.78 Å². The molecule has 1 aromatic carbocycles. The van der Waals surface area contributed by atoms with Crippen LogP contribution in [0, 0.1) is 6.92 Å². The summed E-state index contributed by atoms with van der Waals surface area (Å²) in [6, 6.07) is 8.07. The molecule has 2 rings (SSSR count). The Balaban J connectivity index is 0.00000176. The number of hydrogen-bond donors (Lipinski definition) is 2. The number of carbonyl (C=O) groups is 1. The van der Waals surface area contributed by atoms with Gasteiger partial charge >= 0.3 is 0 Å². The zero-order valence-electron chi connectivity index (χ0n) is 16.4. The standard InChI is InChI=1S/C21H23N3O.CH4O/c1-6-8-18(14-25)20(7-2)23-21-13-22-24(16(21)5)19-11-9-17(10-12-19)15(3)4;1-2/h6-14,23H,2-3H2,1,4-5H3;2H,1H3/b8-6-,20-18-;. The number of aliphatic hydroxyl groups excluding tert-OH is 1. The van der Waals surface area contributed by atoms with Crippen LogP contribution in [0.2, 0.25) is 0 Å². The third-order valence-corrected chi connectivity index (χ3v) is 3.87. The van der Waals surface area contributed by atoms with E-state index in [9.17, 15) is 4.79 Å². The molecule has 5 heteroatoms. The van der Waals surface area contributed by atoms with Gasteiger partial charge < -0.3 is 10.4 Å². The van der Waals surface area contributed by atoms with Crippen LogP contribution in [0.25, 0.3) is 11.3 Å². The minimum absolute atomic E-state index is 0.537. The lowest BCUT2D eigenvalue weighted by Gasteiger charge is -2.10. The Hall–Kier alpha value is -3.18. The number of aliphatic hydroxyl groups is 1. The summed E-state index contributed by atoms with van der Waals surface area (Å²) in [6.07, 6.45) is 7.73. The van der Waals surface area contributed by atoms with Gasteiger partial charge in [-0.2, -0.15) is 5.10 Å². The Labute approximate surface area is 161 Å². The summed E-state index contributed by atoms with van der Waals surface area (Å²) in [6.45, 7) is 13.5. The van der Waals surface area contributed by atoms with Crippen LogP contribution in [0.5, 0.6) is 0 Å². The van der Waals surface area contributed by atoms with Gasteiger partial charge in [-0.3, -0.25) is 4.79 Å². The Kier molecular flexibility index (Phi) is 8.69. The first-order valence-electron chi connectivity index (χ1n) is 8.49. The van der Waals surface area contributed by atoms with E-state index in [-0.39, 0.29) is 0 Å². The molecule has 0 radical (unpaired) electrons. The monoisotopic (exact) mass is 365 g/mol. The van der Waals surface area contributed by atoms with E-state index >= 15 is 0 Å². The molecule has 5 nitrogen and oxygen atoms in total. The van der Waals surface area contributed by atoms with Crippen LogP contribution >= 0.6 is 0 Å². The summed E-state index contributed by atoms with van der Waals surface area (Å²) < 4.78 is 1.85. The van der Waals surface area contributed by atoms with Crippen molar-refractivity contribution in [3.8, 4) is 5.69 Å². The topological polar surface area (TPSA) is 67.2 Å². The van der Waals surface area contributed by atoms with E-state index in [1.54, 1.807) is 18.3 Å². The number of carbonyl (C=O) groups excluding carboxylic acids is 1. The molecule has 0 atom stereocenters. The molecule has 0 fully saturated rings. The second-order valence-electron chi connectivity index (χ2n) is 5.70. The molecule has 0 bridgehead atoms. The van der Waals surface area contributed by atoms with Gasteiger partial charge in [-0.05, 0) is 44.5 Å². The molecule has 0 aliphatic carbocycles. The molecule has 27 heavy (non-hydrogen) atoms. The van der Waals surface area contributed by atoms with Crippen LogP contribution in [0.4, 0.5) is 5.69 Å². The smallest absolute Gasteiger partial charge is 0.152 e. The number of aromatic nitrogens is 2. The van der Waals surface area contributed by atoms with Gasteiger partial charge in [0.2, 0.25) is 0 Å². The second-order valence-corrected chi connectivity index (χ2v) is 5.70. The third-order valence-electron chi connectivity index (χ3n) is 3.87. The van der Waals surface area contributed by atoms with E-state index in [1.165, 1.54) is 0 Å². The first kappa shape index (κ1) is 21.9. The number of rotatable bonds is 7. The number of hydrogen-bond acceptors (Lipinski definition) is 4. The number of nitrogens with one attached hydrogen (secondary N) is 1. The van der Waals surface area contributed by atoms with Crippen LogP contribution in [-0.2, 0) is 4.79 Å². The summed E-state index contributed by atoms with van der Waals surface area (Å²) in [4.78, 5) is 11.3. The summed E-state index contributed by atoms with van der Waals surface area (Å²) in [5.41, 5.74) is 6.03. The van der Waals surface area contributed by atoms with E-state index < -0.39 is 0 Å². The molecule has 0 spiro atoms. The highest BCUT2D eigenvalue weighted by molar-refractivity contribution is 5.81. The number of nitrogens with zero attached hydrogens (tertiary/aromatic N) is 2. The predicted octanol–water partition coefficient (Wildman–Crippen LogP) is 4.45. The lowest BCUT2D eigenvalue weighted by atomic mass is 10.1. The quantitative estimate of drug-likeness (QED) is 0.432. The van der Waals surface area contributed by atoms with E-state index in [2.05, 4.69) is 23.6 Å². The van der Waals surface area contributed by atoms with Gasteiger partial charge in [-0.25, -0.2) is 4.68 Å². The van der Waals surface area contributed by atoms with Crippen molar-refractivity contribution in [3.05, 3.63) is 84.4 Å². The highest BCUT2D eigenvalue weighted by Gasteiger charge is 2.10. The summed E-state index contributed by atoms with van der Waals surface area (Å²) in [5.74, 6) is 0. The molecular weight excluding hydrogens is 338 g/mol. The largest absolute Gasteiger partial charge is 0.400 e. The molecule has 0 amide bonds. The highest BCUT2D eigenvalue weighted by atomic mass is 16.2. The second kappa shape index (κ2) is 10.7. The van der Waals surface area contributed by atoms with E-state index in [0.717, 1.165) is 41.6 Å². The molecule has 142 valence electrons. The van der Waals surface area contributed by atoms with Gasteiger partial charge in [-0.15, -0.1) is 0 Å². The van der Waals surface area contributed by atoms with Crippen molar-refractivity contribution in [3.63, 3.8) is 0 Å². The van der Waals surface area contributed by atoms with Crippen molar-refractivity contribution in [2.45, 2.75) is 20.8 Å². The van der Waals surface area contributed by atoms with Crippen molar-refractivity contribution in [2.75, 3.05) is 12.4 Å². The van der Waals surface area contributed by atoms with Crippen LogP contribution < -0.4 is 5.32 Å². The normalized spacial score (nSPS) is 11.3. The van der Waals surface area contributed by atoms with Gasteiger partial charge in [0.1, 0.15) is 0 Å². The van der Waals surface area contributed by atoms with Gasteiger partial charge in [0, 0.05) is 18.4 Å². The summed E-state index contributed by atoms with van der Waals surface area (Å²) in [5, 5.41) is 14.7. The highest BCUT2D eigenvalue weighted by Crippen LogP contribution is 2.22. The fourth-order valence-electron chi connectivity index (χ4n) is 2.44. The molecule has 0 saturated carbocycles. The molecule has 0 aliphatic rings. The van der Waals surface area contributed by atoms with E-state index in [4.69, 9.17) is 5.11 Å². The Morgan fingerprint density at radius 1 is 1.26 bits per heavy atom. The van der Waals surface area contributed by atoms with Crippen LogP contribution in [0.15, 0.2) is 73.1 Å². The minimum Gasteiger partial charge on any atom is -0.400 e. The molecule has 1 heterocycles. The molecule has 0 saturated heterocycles. The Morgan fingerprint density at radius 2 is 1.89 bits per heavy atom. The van der Waals surface area contributed by atoms with Crippen LogP contribution in [-0.4, -0.2) is 28.3 Å². The van der Waals surface area contributed by atoms with Crippen molar-refractivity contribution >= 4 is 17.5 Å². The average Bonchev–Trinajstić information content (AvgIpc) is 3.06. The SMILES string of the molecule is C=C/C(Nc1cnn(-c2ccc(C(=C)C)cc2)c1C)=C(C=O)\C=C/C.CO. The van der Waals surface area contributed by atoms with Crippen LogP contribution in [0.1, 0.15) is 25.1 Å². The molecule has 0 unspecified atom stereocenters. The maximum atomic E-state index is 11.3. The molecule has 0 aliphatic heterocycles. The maximum absolute atomic E-state index is 11.3. The molecule has 2 aromatic rings. The lowest BCUT2D eigenvalue weighted by molar-refractivity contribution is -0.104. The summed E-state index contributed by atoms with van der Waals surface area (Å²) in [7, 11) is 1.00. The van der Waals surface area contributed by atoms with E-state index in [0.29, 0.717) is 11.3 Å². The Bertz CT molecular complexity index is 856. The predicted molar refractivity (Wildman–Crippen MR) is 113 cm³/mol. The number of aldehydes is 1. The number of allylic oxidation sites excluding steroid dienone is 5. The number of benzene rings is 1. The molecular formula is C22H27N3O2. The van der Waals surface area contributed by atoms with Gasteiger partial charge in [0.25, 0.3) is 0 Å². The first-order valence-corrected chi connectivity index (χ1v) is 8.49. The number of anilines is 1. The zero-order valence-corrected chi connectivity index (χ0v) is 16.4. The maximum Gasteiger partial charge on any atom is 0.152 e. The first-order chi connectivity index (χ1) is 13.0. The fourth-order valence-corrected chi connectivity index (χ4v) is 2.44. The van der Waals surface area contributed by atoms with Crippen molar-refractivity contribution in [2.24, 2.45) is 0 Å². The third kappa shape index (κ3) is 5.39. The lowest BCUT2D eigenvalue weighted by Crippen LogP contribution is -2.04. The van der Waals surface area contributed by atoms with E-state index in [1.807, 2.05) is 55.8 Å². The fraction of sp³-hybridized carbons (Fsp3) is 0.182. The van der Waals surface area contributed by atoms with Crippen molar-refractivity contribution < 1.29 is 9.90 Å². The Morgan fingerprint density at radius 3 is 2.37 bits per heavy atom. The molecule has 1 aromatic heterocycles. The van der Waals surface area contributed by atoms with Gasteiger partial charge in [0.05, 0.1) is 23.3 Å². The van der Waals surface area contributed by atoms with Gasteiger partial charge in [0.15, 0.2) is 6.29 Å². The minimum atomic E-state index is 0.537.